The van der Waals surface area contributed by atoms with Gasteiger partial charge in [-0.05, 0) is 50.8 Å². The van der Waals surface area contributed by atoms with E-state index in [0.29, 0.717) is 40.8 Å². The molecule has 3 aromatic heterocycles. The molecule has 9 heteroatoms. The van der Waals surface area contributed by atoms with E-state index in [-0.39, 0.29) is 17.4 Å². The molecule has 0 N–H and O–H groups in total. The number of fused-ring (bicyclic) bond motifs is 1. The maximum atomic E-state index is 13.4. The molecule has 2 amide bonds. The van der Waals surface area contributed by atoms with Gasteiger partial charge in [0.15, 0.2) is 10.9 Å². The highest BCUT2D eigenvalue weighted by atomic mass is 32.1. The first-order valence-electron chi connectivity index (χ1n) is 12.6. The van der Waals surface area contributed by atoms with Gasteiger partial charge >= 0.3 is 0 Å². The summed E-state index contributed by atoms with van der Waals surface area (Å²) >= 11 is 2.83. The van der Waals surface area contributed by atoms with E-state index in [1.54, 1.807) is 4.90 Å². The molecule has 0 aliphatic carbocycles. The number of amides is 2. The molecule has 4 heterocycles. The predicted molar refractivity (Wildman–Crippen MR) is 150 cm³/mol. The molecule has 0 unspecified atom stereocenters. The van der Waals surface area contributed by atoms with E-state index in [4.69, 9.17) is 9.40 Å². The van der Waals surface area contributed by atoms with Crippen molar-refractivity contribution < 1.29 is 14.0 Å². The number of aromatic nitrogens is 1. The molecule has 0 atom stereocenters. The van der Waals surface area contributed by atoms with Crippen LogP contribution >= 0.6 is 22.7 Å². The molecular formula is C28H32N4O3S2. The van der Waals surface area contributed by atoms with Crippen LogP contribution in [0.3, 0.4) is 0 Å². The molecule has 37 heavy (non-hydrogen) atoms. The fourth-order valence-corrected chi connectivity index (χ4v) is 6.11. The Morgan fingerprint density at radius 1 is 1.05 bits per heavy atom. The van der Waals surface area contributed by atoms with Crippen molar-refractivity contribution in [1.29, 1.82) is 0 Å². The van der Waals surface area contributed by atoms with Gasteiger partial charge in [0.05, 0.1) is 4.88 Å². The Labute approximate surface area is 225 Å². The Balaban J connectivity index is 1.26. The Hall–Kier alpha value is -3.01. The second kappa shape index (κ2) is 10.8. The van der Waals surface area contributed by atoms with Crippen LogP contribution in [0.25, 0.3) is 22.4 Å². The zero-order valence-corrected chi connectivity index (χ0v) is 23.1. The first-order valence-corrected chi connectivity index (χ1v) is 14.4. The summed E-state index contributed by atoms with van der Waals surface area (Å²) in [6.45, 7) is 10.3. The summed E-state index contributed by atoms with van der Waals surface area (Å²) in [5, 5.41) is 5.44. The van der Waals surface area contributed by atoms with Gasteiger partial charge in [0, 0.05) is 55.4 Å². The van der Waals surface area contributed by atoms with E-state index >= 15 is 0 Å². The average molecular weight is 537 g/mol. The zero-order valence-electron chi connectivity index (χ0n) is 21.5. The number of anilines is 1. The van der Waals surface area contributed by atoms with E-state index in [0.717, 1.165) is 37.1 Å². The maximum absolute atomic E-state index is 13.4. The van der Waals surface area contributed by atoms with Crippen LogP contribution in [0.5, 0.6) is 0 Å². The van der Waals surface area contributed by atoms with Gasteiger partial charge in [0.1, 0.15) is 11.3 Å². The molecule has 1 saturated heterocycles. The number of para-hydroxylation sites is 1. The molecule has 194 valence electrons. The average Bonchev–Trinajstić information content (AvgIpc) is 3.66. The molecule has 0 bridgehead atoms. The van der Waals surface area contributed by atoms with Crippen molar-refractivity contribution in [2.24, 2.45) is 0 Å². The third-order valence-electron chi connectivity index (χ3n) is 6.73. The fourth-order valence-electron chi connectivity index (χ4n) is 4.60. The van der Waals surface area contributed by atoms with Gasteiger partial charge in [-0.15, -0.1) is 22.7 Å². The number of thiophene rings is 1. The maximum Gasteiger partial charge on any atom is 0.270 e. The molecule has 1 aliphatic heterocycles. The van der Waals surface area contributed by atoms with Crippen molar-refractivity contribution in [3.05, 3.63) is 58.1 Å². The minimum atomic E-state index is -0.0910. The molecule has 5 rings (SSSR count). The summed E-state index contributed by atoms with van der Waals surface area (Å²) in [6.07, 6.45) is 0.987. The van der Waals surface area contributed by atoms with Crippen LogP contribution in [-0.4, -0.2) is 64.9 Å². The summed E-state index contributed by atoms with van der Waals surface area (Å²) in [4.78, 5) is 37.8. The minimum absolute atomic E-state index is 0.0910. The van der Waals surface area contributed by atoms with Crippen molar-refractivity contribution in [2.75, 3.05) is 37.6 Å². The lowest BCUT2D eigenvalue weighted by Gasteiger charge is -2.42. The number of carbonyl (C=O) groups excluding carboxylic acids is 2. The van der Waals surface area contributed by atoms with Crippen LogP contribution in [-0.2, 0) is 4.79 Å². The molecule has 1 fully saturated rings. The number of carbonyl (C=O) groups is 2. The van der Waals surface area contributed by atoms with Gasteiger partial charge in [0.2, 0.25) is 5.91 Å². The number of furan rings is 1. The normalized spacial score (nSPS) is 14.8. The number of piperazine rings is 1. The third kappa shape index (κ3) is 5.79. The van der Waals surface area contributed by atoms with Crippen LogP contribution in [0.2, 0.25) is 0 Å². The lowest BCUT2D eigenvalue weighted by Crippen LogP contribution is -2.54. The fraction of sp³-hybridized carbons (Fsp3) is 0.393. The quantitative estimate of drug-likeness (QED) is 0.290. The van der Waals surface area contributed by atoms with Crippen LogP contribution in [0.1, 0.15) is 43.3 Å². The van der Waals surface area contributed by atoms with Crippen LogP contribution < -0.4 is 4.90 Å². The molecule has 1 aromatic carbocycles. The van der Waals surface area contributed by atoms with Gasteiger partial charge in [-0.25, -0.2) is 4.98 Å². The van der Waals surface area contributed by atoms with Crippen molar-refractivity contribution in [3.63, 3.8) is 0 Å². The van der Waals surface area contributed by atoms with Crippen LogP contribution in [0, 0.1) is 0 Å². The third-order valence-corrected chi connectivity index (χ3v) is 8.45. The molecule has 7 nitrogen and oxygen atoms in total. The minimum Gasteiger partial charge on any atom is -0.454 e. The predicted octanol–water partition coefficient (Wildman–Crippen LogP) is 5.99. The lowest BCUT2D eigenvalue weighted by atomic mass is 10.0. The van der Waals surface area contributed by atoms with Crippen molar-refractivity contribution in [1.82, 2.24) is 14.8 Å². The largest absolute Gasteiger partial charge is 0.454 e. The van der Waals surface area contributed by atoms with Crippen molar-refractivity contribution in [3.8, 4) is 11.5 Å². The van der Waals surface area contributed by atoms with Gasteiger partial charge in [0.25, 0.3) is 5.91 Å². The van der Waals surface area contributed by atoms with Gasteiger partial charge < -0.3 is 9.32 Å². The molecule has 1 aliphatic rings. The van der Waals surface area contributed by atoms with Gasteiger partial charge in [-0.3, -0.25) is 19.4 Å². The Kier molecular flexibility index (Phi) is 7.46. The summed E-state index contributed by atoms with van der Waals surface area (Å²) in [5.74, 6) is 0.739. The summed E-state index contributed by atoms with van der Waals surface area (Å²) < 4.78 is 5.98. The second-order valence-corrected chi connectivity index (χ2v) is 12.0. The first-order chi connectivity index (χ1) is 17.8. The second-order valence-electron chi connectivity index (χ2n) is 10.2. The Morgan fingerprint density at radius 3 is 2.54 bits per heavy atom. The highest BCUT2D eigenvalue weighted by Gasteiger charge is 2.28. The summed E-state index contributed by atoms with van der Waals surface area (Å²) in [7, 11) is 0. The molecule has 0 radical (unpaired) electrons. The van der Waals surface area contributed by atoms with Crippen molar-refractivity contribution in [2.45, 2.75) is 39.2 Å². The summed E-state index contributed by atoms with van der Waals surface area (Å²) in [6, 6.07) is 13.5. The van der Waals surface area contributed by atoms with Crippen molar-refractivity contribution >= 4 is 50.6 Å². The number of hydrogen-bond donors (Lipinski definition) is 0. The SMILES string of the molecule is CC(C)(C)N1CCN(C(=O)CCCN(C(=O)c2cccs2)c2nc(-c3cc4ccccc4o3)cs2)CC1. The van der Waals surface area contributed by atoms with Crippen LogP contribution in [0.15, 0.2) is 57.6 Å². The lowest BCUT2D eigenvalue weighted by molar-refractivity contribution is -0.133. The number of thiazole rings is 1. The molecule has 0 saturated carbocycles. The van der Waals surface area contributed by atoms with Gasteiger partial charge in [-0.2, -0.15) is 0 Å². The highest BCUT2D eigenvalue weighted by Crippen LogP contribution is 2.32. The van der Waals surface area contributed by atoms with E-state index in [2.05, 4.69) is 25.7 Å². The number of hydrogen-bond acceptors (Lipinski definition) is 7. The van der Waals surface area contributed by atoms with E-state index < -0.39 is 0 Å². The first kappa shape index (κ1) is 25.6. The molecular weight excluding hydrogens is 504 g/mol. The monoisotopic (exact) mass is 536 g/mol. The molecule has 4 aromatic rings. The topological polar surface area (TPSA) is 69.9 Å². The smallest absolute Gasteiger partial charge is 0.270 e. The number of nitrogens with zero attached hydrogens (tertiary/aromatic N) is 4. The van der Waals surface area contributed by atoms with Gasteiger partial charge in [-0.1, -0.05) is 24.3 Å². The van der Waals surface area contributed by atoms with E-state index in [1.165, 1.54) is 22.7 Å². The Morgan fingerprint density at radius 2 is 1.84 bits per heavy atom. The number of rotatable bonds is 7. The van der Waals surface area contributed by atoms with Crippen LogP contribution in [0.4, 0.5) is 5.13 Å². The summed E-state index contributed by atoms with van der Waals surface area (Å²) in [5.41, 5.74) is 1.63. The molecule has 0 spiro atoms. The van der Waals surface area contributed by atoms with E-state index in [1.807, 2.05) is 58.1 Å². The standard InChI is InChI=1S/C28H32N4O3S2/c1-28(2,3)31-15-13-30(14-16-31)25(33)11-6-12-32(26(34)24-10-7-17-36-24)27-29-21(19-37-27)23-18-20-8-4-5-9-22(20)35-23/h4-5,7-10,17-19H,6,11-16H2,1-3H3. The van der Waals surface area contributed by atoms with E-state index in [9.17, 15) is 9.59 Å². The highest BCUT2D eigenvalue weighted by molar-refractivity contribution is 7.14. The zero-order chi connectivity index (χ0) is 26.0. The Bertz CT molecular complexity index is 1330. The number of benzene rings is 1.